The third-order valence-electron chi connectivity index (χ3n) is 3.13. The molecule has 6 heteroatoms. The highest BCUT2D eigenvalue weighted by molar-refractivity contribution is 7.11. The molecule has 0 aliphatic heterocycles. The maximum atomic E-state index is 5.66. The molecule has 0 amide bonds. The summed E-state index contributed by atoms with van der Waals surface area (Å²) in [5, 5.41) is 7.64. The second-order valence-electron chi connectivity index (χ2n) is 5.14. The number of aromatic nitrogens is 1. The third-order valence-corrected chi connectivity index (χ3v) is 4.04. The standard InChI is InChI=1S/C17H24N4OS/c1-4-8-22-15-7-5-6-14(9-15)11-20-17(18-3)21-12-16-19-10-13(2)23-16/h5-7,9-10H,4,8,11-12H2,1-3H3,(H2,18,20,21). The second-order valence-corrected chi connectivity index (χ2v) is 6.46. The fourth-order valence-electron chi connectivity index (χ4n) is 2.01. The van der Waals surface area contributed by atoms with Crippen LogP contribution in [0, 0.1) is 6.92 Å². The van der Waals surface area contributed by atoms with E-state index in [9.17, 15) is 0 Å². The quantitative estimate of drug-likeness (QED) is 0.604. The highest BCUT2D eigenvalue weighted by atomic mass is 32.1. The van der Waals surface area contributed by atoms with Gasteiger partial charge in [-0.25, -0.2) is 4.98 Å². The number of benzene rings is 1. The average Bonchev–Trinajstić information content (AvgIpc) is 2.99. The van der Waals surface area contributed by atoms with Gasteiger partial charge in [-0.05, 0) is 31.0 Å². The monoisotopic (exact) mass is 332 g/mol. The lowest BCUT2D eigenvalue weighted by Gasteiger charge is -2.12. The average molecular weight is 332 g/mol. The van der Waals surface area contributed by atoms with Gasteiger partial charge in [-0.15, -0.1) is 11.3 Å². The van der Waals surface area contributed by atoms with Crippen LogP contribution in [0.2, 0.25) is 0 Å². The van der Waals surface area contributed by atoms with Crippen LogP contribution in [0.25, 0.3) is 0 Å². The number of aryl methyl sites for hydroxylation is 1. The van der Waals surface area contributed by atoms with Gasteiger partial charge in [-0.2, -0.15) is 0 Å². The molecule has 23 heavy (non-hydrogen) atoms. The Hall–Kier alpha value is -2.08. The lowest BCUT2D eigenvalue weighted by molar-refractivity contribution is 0.317. The Morgan fingerprint density at radius 2 is 2.13 bits per heavy atom. The van der Waals surface area contributed by atoms with E-state index in [1.54, 1.807) is 18.4 Å². The number of guanidine groups is 1. The summed E-state index contributed by atoms with van der Waals surface area (Å²) in [6, 6.07) is 8.12. The van der Waals surface area contributed by atoms with E-state index in [-0.39, 0.29) is 0 Å². The van der Waals surface area contributed by atoms with Gasteiger partial charge < -0.3 is 15.4 Å². The van der Waals surface area contributed by atoms with Gasteiger partial charge in [0, 0.05) is 24.7 Å². The van der Waals surface area contributed by atoms with Gasteiger partial charge in [0.25, 0.3) is 0 Å². The van der Waals surface area contributed by atoms with Crippen LogP contribution < -0.4 is 15.4 Å². The van der Waals surface area contributed by atoms with E-state index in [0.29, 0.717) is 13.1 Å². The van der Waals surface area contributed by atoms with Crippen LogP contribution >= 0.6 is 11.3 Å². The van der Waals surface area contributed by atoms with Crippen LogP contribution in [0.4, 0.5) is 0 Å². The molecule has 1 aromatic heterocycles. The summed E-state index contributed by atoms with van der Waals surface area (Å²) < 4.78 is 5.66. The molecular weight excluding hydrogens is 308 g/mol. The molecule has 2 rings (SSSR count). The lowest BCUT2D eigenvalue weighted by Crippen LogP contribution is -2.36. The van der Waals surface area contributed by atoms with Crippen LogP contribution in [0.1, 0.15) is 28.8 Å². The molecule has 0 fully saturated rings. The Balaban J connectivity index is 1.83. The number of rotatable bonds is 7. The smallest absolute Gasteiger partial charge is 0.191 e. The van der Waals surface area contributed by atoms with Crippen molar-refractivity contribution in [3.63, 3.8) is 0 Å². The zero-order valence-electron chi connectivity index (χ0n) is 13.9. The summed E-state index contributed by atoms with van der Waals surface area (Å²) in [5.41, 5.74) is 1.16. The molecule has 5 nitrogen and oxygen atoms in total. The first-order chi connectivity index (χ1) is 11.2. The fraction of sp³-hybridized carbons (Fsp3) is 0.412. The first-order valence-electron chi connectivity index (χ1n) is 7.79. The van der Waals surface area contributed by atoms with Gasteiger partial charge in [0.05, 0.1) is 13.2 Å². The van der Waals surface area contributed by atoms with Crippen molar-refractivity contribution in [1.82, 2.24) is 15.6 Å². The summed E-state index contributed by atoms with van der Waals surface area (Å²) >= 11 is 1.69. The fourth-order valence-corrected chi connectivity index (χ4v) is 2.74. The molecular formula is C17H24N4OS. The van der Waals surface area contributed by atoms with E-state index < -0.39 is 0 Å². The van der Waals surface area contributed by atoms with Crippen molar-refractivity contribution in [2.24, 2.45) is 4.99 Å². The maximum Gasteiger partial charge on any atom is 0.191 e. The largest absolute Gasteiger partial charge is 0.494 e. The van der Waals surface area contributed by atoms with Crippen molar-refractivity contribution in [3.05, 3.63) is 45.9 Å². The van der Waals surface area contributed by atoms with Crippen molar-refractivity contribution >= 4 is 17.3 Å². The first kappa shape index (κ1) is 17.3. The van der Waals surface area contributed by atoms with Crippen molar-refractivity contribution in [3.8, 4) is 5.75 Å². The van der Waals surface area contributed by atoms with E-state index in [2.05, 4.69) is 46.6 Å². The van der Waals surface area contributed by atoms with E-state index >= 15 is 0 Å². The molecule has 124 valence electrons. The highest BCUT2D eigenvalue weighted by Crippen LogP contribution is 2.13. The minimum absolute atomic E-state index is 0.678. The van der Waals surface area contributed by atoms with Gasteiger partial charge in [0.2, 0.25) is 0 Å². The van der Waals surface area contributed by atoms with Crippen LogP contribution in [0.3, 0.4) is 0 Å². The predicted octanol–water partition coefficient (Wildman–Crippen LogP) is 3.11. The number of nitrogens with one attached hydrogen (secondary N) is 2. The number of aliphatic imine (C=N–C) groups is 1. The maximum absolute atomic E-state index is 5.66. The van der Waals surface area contributed by atoms with Crippen molar-refractivity contribution in [1.29, 1.82) is 0 Å². The van der Waals surface area contributed by atoms with Gasteiger partial charge in [0.1, 0.15) is 10.8 Å². The number of nitrogens with zero attached hydrogens (tertiary/aromatic N) is 2. The zero-order valence-corrected chi connectivity index (χ0v) is 14.7. The third kappa shape index (κ3) is 5.90. The van der Waals surface area contributed by atoms with Crippen molar-refractivity contribution < 1.29 is 4.74 Å². The van der Waals surface area contributed by atoms with E-state index in [0.717, 1.165) is 35.3 Å². The van der Waals surface area contributed by atoms with E-state index in [1.165, 1.54) is 4.88 Å². The first-order valence-corrected chi connectivity index (χ1v) is 8.60. The molecule has 2 N–H and O–H groups in total. The summed E-state index contributed by atoms with van der Waals surface area (Å²) in [7, 11) is 1.77. The lowest BCUT2D eigenvalue weighted by atomic mass is 10.2. The van der Waals surface area contributed by atoms with E-state index in [1.807, 2.05) is 18.3 Å². The molecule has 2 aromatic rings. The molecule has 0 radical (unpaired) electrons. The number of ether oxygens (including phenoxy) is 1. The summed E-state index contributed by atoms with van der Waals surface area (Å²) in [6.07, 6.45) is 2.90. The predicted molar refractivity (Wildman–Crippen MR) is 96.1 cm³/mol. The molecule has 1 aromatic carbocycles. The van der Waals surface area contributed by atoms with Crippen LogP contribution in [0.5, 0.6) is 5.75 Å². The molecule has 0 unspecified atom stereocenters. The molecule has 1 heterocycles. The Bertz CT molecular complexity index is 639. The Morgan fingerprint density at radius 3 is 2.83 bits per heavy atom. The molecule has 0 atom stereocenters. The Kier molecular flexibility index (Phi) is 6.87. The van der Waals surface area contributed by atoms with Gasteiger partial charge in [-0.1, -0.05) is 19.1 Å². The second kappa shape index (κ2) is 9.15. The Labute approximate surface area is 141 Å². The Morgan fingerprint density at radius 1 is 1.30 bits per heavy atom. The highest BCUT2D eigenvalue weighted by Gasteiger charge is 2.02. The van der Waals surface area contributed by atoms with Crippen molar-refractivity contribution in [2.45, 2.75) is 33.4 Å². The van der Waals surface area contributed by atoms with Gasteiger partial charge >= 0.3 is 0 Å². The van der Waals surface area contributed by atoms with Crippen LogP contribution in [-0.4, -0.2) is 24.6 Å². The van der Waals surface area contributed by atoms with Crippen LogP contribution in [0.15, 0.2) is 35.5 Å². The minimum atomic E-state index is 0.678. The zero-order chi connectivity index (χ0) is 16.5. The minimum Gasteiger partial charge on any atom is -0.494 e. The summed E-state index contributed by atoms with van der Waals surface area (Å²) in [6.45, 7) is 6.28. The SMILES string of the molecule is CCCOc1cccc(CNC(=NC)NCc2ncc(C)s2)c1. The number of hydrogen-bond acceptors (Lipinski definition) is 4. The van der Waals surface area contributed by atoms with Gasteiger partial charge in [-0.3, -0.25) is 4.99 Å². The van der Waals surface area contributed by atoms with Crippen LogP contribution in [-0.2, 0) is 13.1 Å². The summed E-state index contributed by atoms with van der Waals surface area (Å²) in [5.74, 6) is 1.67. The molecule has 0 aliphatic carbocycles. The van der Waals surface area contributed by atoms with Gasteiger partial charge in [0.15, 0.2) is 5.96 Å². The molecule has 0 saturated carbocycles. The molecule has 0 bridgehead atoms. The molecule has 0 saturated heterocycles. The van der Waals surface area contributed by atoms with Crippen molar-refractivity contribution in [2.75, 3.05) is 13.7 Å². The number of thiazole rings is 1. The molecule has 0 aliphatic rings. The topological polar surface area (TPSA) is 58.5 Å². The molecule has 0 spiro atoms. The summed E-state index contributed by atoms with van der Waals surface area (Å²) in [4.78, 5) is 9.79. The normalized spacial score (nSPS) is 11.3. The number of hydrogen-bond donors (Lipinski definition) is 2. The van der Waals surface area contributed by atoms with E-state index in [4.69, 9.17) is 4.74 Å².